The minimum Gasteiger partial charge on any atom is -0.362 e. The van der Waals surface area contributed by atoms with Crippen LogP contribution >= 0.6 is 11.8 Å². The van der Waals surface area contributed by atoms with Crippen LogP contribution in [0.5, 0.6) is 0 Å². The van der Waals surface area contributed by atoms with Crippen molar-refractivity contribution in [3.63, 3.8) is 0 Å². The number of hydrogen-bond acceptors (Lipinski definition) is 3. The van der Waals surface area contributed by atoms with E-state index in [2.05, 4.69) is 22.5 Å². The molecule has 0 aromatic rings. The summed E-state index contributed by atoms with van der Waals surface area (Å²) in [6.07, 6.45) is 3.26. The van der Waals surface area contributed by atoms with Crippen molar-refractivity contribution in [3.05, 3.63) is 0 Å². The standard InChI is InChI=1S/C11H21N3OS/c1-3-6-12-10(15)8-13-11-14-9(4-2)5-7-16-11/h9H,3-8H2,1-2H3,(H,12,15)(H,13,14). The fourth-order valence-electron chi connectivity index (χ4n) is 1.45. The van der Waals surface area contributed by atoms with Gasteiger partial charge in [-0.15, -0.1) is 0 Å². The van der Waals surface area contributed by atoms with E-state index in [-0.39, 0.29) is 12.5 Å². The summed E-state index contributed by atoms with van der Waals surface area (Å²) >= 11 is 1.71. The van der Waals surface area contributed by atoms with Crippen LogP contribution in [0.15, 0.2) is 4.99 Å². The molecule has 0 spiro atoms. The van der Waals surface area contributed by atoms with E-state index < -0.39 is 0 Å². The molecule has 0 aromatic carbocycles. The minimum absolute atomic E-state index is 0.00960. The Bertz CT molecular complexity index is 256. The molecule has 0 aliphatic carbocycles. The van der Waals surface area contributed by atoms with E-state index in [4.69, 9.17) is 0 Å². The van der Waals surface area contributed by atoms with Crippen LogP contribution in [0.25, 0.3) is 0 Å². The average molecular weight is 243 g/mol. The number of nitrogens with one attached hydrogen (secondary N) is 2. The van der Waals surface area contributed by atoms with Crippen LogP contribution in [0.3, 0.4) is 0 Å². The van der Waals surface area contributed by atoms with Gasteiger partial charge in [-0.05, 0) is 19.3 Å². The van der Waals surface area contributed by atoms with Gasteiger partial charge in [0.1, 0.15) is 6.54 Å². The maximum Gasteiger partial charge on any atom is 0.241 e. The van der Waals surface area contributed by atoms with E-state index in [1.807, 2.05) is 6.92 Å². The van der Waals surface area contributed by atoms with Gasteiger partial charge in [0.05, 0.1) is 0 Å². The Balaban J connectivity index is 2.30. The number of carbonyl (C=O) groups is 1. The first-order chi connectivity index (χ1) is 7.76. The normalized spacial score (nSPS) is 22.9. The lowest BCUT2D eigenvalue weighted by molar-refractivity contribution is -0.119. The van der Waals surface area contributed by atoms with Crippen molar-refractivity contribution in [2.75, 3.05) is 18.8 Å². The number of amidine groups is 1. The molecule has 1 heterocycles. The lowest BCUT2D eigenvalue weighted by Gasteiger charge is -2.24. The zero-order chi connectivity index (χ0) is 11.8. The molecule has 1 fully saturated rings. The Labute approximate surface area is 102 Å². The van der Waals surface area contributed by atoms with Crippen LogP contribution in [0.1, 0.15) is 33.1 Å². The second-order valence-corrected chi connectivity index (χ2v) is 4.94. The molecule has 4 nitrogen and oxygen atoms in total. The maximum absolute atomic E-state index is 11.3. The van der Waals surface area contributed by atoms with Gasteiger partial charge in [0.2, 0.25) is 5.91 Å². The van der Waals surface area contributed by atoms with Crippen molar-refractivity contribution in [1.82, 2.24) is 10.6 Å². The van der Waals surface area contributed by atoms with Crippen LogP contribution in [0, 0.1) is 0 Å². The molecule has 1 aliphatic rings. The smallest absolute Gasteiger partial charge is 0.241 e. The number of amides is 1. The molecule has 2 N–H and O–H groups in total. The van der Waals surface area contributed by atoms with Crippen molar-refractivity contribution < 1.29 is 4.79 Å². The molecule has 0 aromatic heterocycles. The van der Waals surface area contributed by atoms with Crippen LogP contribution < -0.4 is 10.6 Å². The summed E-state index contributed by atoms with van der Waals surface area (Å²) in [5.74, 6) is 1.11. The van der Waals surface area contributed by atoms with Gasteiger partial charge >= 0.3 is 0 Å². The molecule has 0 radical (unpaired) electrons. The molecule has 1 aliphatic heterocycles. The Kier molecular flexibility index (Phi) is 6.30. The molecule has 92 valence electrons. The predicted molar refractivity (Wildman–Crippen MR) is 69.9 cm³/mol. The highest BCUT2D eigenvalue weighted by molar-refractivity contribution is 8.13. The van der Waals surface area contributed by atoms with Crippen molar-refractivity contribution in [1.29, 1.82) is 0 Å². The third kappa shape index (κ3) is 4.88. The number of nitrogens with zero attached hydrogens (tertiary/aromatic N) is 1. The topological polar surface area (TPSA) is 53.5 Å². The summed E-state index contributed by atoms with van der Waals surface area (Å²) in [6.45, 7) is 5.18. The zero-order valence-electron chi connectivity index (χ0n) is 10.1. The van der Waals surface area contributed by atoms with E-state index in [1.54, 1.807) is 11.8 Å². The largest absolute Gasteiger partial charge is 0.362 e. The lowest BCUT2D eigenvalue weighted by atomic mass is 10.2. The fourth-order valence-corrected chi connectivity index (χ4v) is 2.45. The summed E-state index contributed by atoms with van der Waals surface area (Å²) in [5.41, 5.74) is 0. The predicted octanol–water partition coefficient (Wildman–Crippen LogP) is 1.37. The molecule has 5 heteroatoms. The number of hydrogen-bond donors (Lipinski definition) is 2. The lowest BCUT2D eigenvalue weighted by Crippen LogP contribution is -2.38. The summed E-state index contributed by atoms with van der Waals surface area (Å²) in [6, 6.07) is 0.527. The minimum atomic E-state index is 0.00960. The quantitative estimate of drug-likeness (QED) is 0.767. The van der Waals surface area contributed by atoms with Gasteiger partial charge in [-0.2, -0.15) is 0 Å². The molecule has 0 saturated carbocycles. The van der Waals surface area contributed by atoms with Gasteiger partial charge in [-0.3, -0.25) is 9.79 Å². The van der Waals surface area contributed by atoms with Gasteiger partial charge in [0.25, 0.3) is 0 Å². The molecular formula is C11H21N3OS. The highest BCUT2D eigenvalue weighted by Crippen LogP contribution is 2.15. The van der Waals surface area contributed by atoms with E-state index in [1.165, 1.54) is 6.42 Å². The second kappa shape index (κ2) is 7.54. The first kappa shape index (κ1) is 13.4. The third-order valence-corrected chi connectivity index (χ3v) is 3.42. The summed E-state index contributed by atoms with van der Waals surface area (Å²) in [5, 5.41) is 7.08. The SMILES string of the molecule is CCCNC(=O)CN=C1NC(CC)CCS1. The van der Waals surface area contributed by atoms with E-state index in [0.717, 1.165) is 30.3 Å². The van der Waals surface area contributed by atoms with Crippen LogP contribution in [-0.4, -0.2) is 36.0 Å². The Hall–Kier alpha value is -0.710. The van der Waals surface area contributed by atoms with Gasteiger partial charge in [0.15, 0.2) is 5.17 Å². The van der Waals surface area contributed by atoms with E-state index in [9.17, 15) is 4.79 Å². The fraction of sp³-hybridized carbons (Fsp3) is 0.818. The van der Waals surface area contributed by atoms with E-state index >= 15 is 0 Å². The number of aliphatic imine (C=N–C) groups is 1. The molecule has 1 saturated heterocycles. The zero-order valence-corrected chi connectivity index (χ0v) is 10.9. The molecule has 1 amide bonds. The maximum atomic E-state index is 11.3. The number of rotatable bonds is 5. The molecule has 1 rings (SSSR count). The van der Waals surface area contributed by atoms with Crippen LogP contribution in [0.4, 0.5) is 0 Å². The first-order valence-electron chi connectivity index (χ1n) is 5.96. The highest BCUT2D eigenvalue weighted by atomic mass is 32.2. The first-order valence-corrected chi connectivity index (χ1v) is 6.95. The summed E-state index contributed by atoms with van der Waals surface area (Å²) in [4.78, 5) is 15.6. The monoisotopic (exact) mass is 243 g/mol. The summed E-state index contributed by atoms with van der Waals surface area (Å²) < 4.78 is 0. The van der Waals surface area contributed by atoms with Crippen molar-refractivity contribution in [2.45, 2.75) is 39.2 Å². The highest BCUT2D eigenvalue weighted by Gasteiger charge is 2.15. The Morgan fingerprint density at radius 2 is 2.44 bits per heavy atom. The average Bonchev–Trinajstić information content (AvgIpc) is 2.34. The molecule has 0 bridgehead atoms. The van der Waals surface area contributed by atoms with Crippen molar-refractivity contribution in [2.24, 2.45) is 4.99 Å². The van der Waals surface area contributed by atoms with Crippen LogP contribution in [0.2, 0.25) is 0 Å². The van der Waals surface area contributed by atoms with Crippen LogP contribution in [-0.2, 0) is 4.79 Å². The number of thioether (sulfide) groups is 1. The van der Waals surface area contributed by atoms with Gasteiger partial charge < -0.3 is 10.6 Å². The van der Waals surface area contributed by atoms with Gasteiger partial charge in [-0.1, -0.05) is 25.6 Å². The van der Waals surface area contributed by atoms with Gasteiger partial charge in [-0.25, -0.2) is 0 Å². The Morgan fingerprint density at radius 1 is 1.62 bits per heavy atom. The molecule has 16 heavy (non-hydrogen) atoms. The molecular weight excluding hydrogens is 222 g/mol. The second-order valence-electron chi connectivity index (χ2n) is 3.86. The molecule has 1 unspecified atom stereocenters. The van der Waals surface area contributed by atoms with Gasteiger partial charge in [0, 0.05) is 18.3 Å². The Morgan fingerprint density at radius 3 is 3.12 bits per heavy atom. The summed E-state index contributed by atoms with van der Waals surface area (Å²) in [7, 11) is 0. The van der Waals surface area contributed by atoms with Crippen molar-refractivity contribution in [3.8, 4) is 0 Å². The number of carbonyl (C=O) groups excluding carboxylic acids is 1. The molecule has 1 atom stereocenters. The third-order valence-electron chi connectivity index (χ3n) is 2.46. The van der Waals surface area contributed by atoms with E-state index in [0.29, 0.717) is 6.04 Å². The van der Waals surface area contributed by atoms with Crippen molar-refractivity contribution >= 4 is 22.8 Å².